The number of nitrogens with one attached hydrogen (secondary N) is 1. The fourth-order valence-electron chi connectivity index (χ4n) is 3.57. The molecule has 5 atom stereocenters. The van der Waals surface area contributed by atoms with E-state index in [0.717, 1.165) is 0 Å². The molecule has 0 spiro atoms. The van der Waals surface area contributed by atoms with Crippen molar-refractivity contribution in [2.45, 2.75) is 70.0 Å². The molecule has 0 saturated carbocycles. The number of rotatable bonds is 2. The van der Waals surface area contributed by atoms with Crippen LogP contribution in [0, 0.1) is 0 Å². The summed E-state index contributed by atoms with van der Waals surface area (Å²) in [5.74, 6) is -2.00. The van der Waals surface area contributed by atoms with Crippen LogP contribution in [0.15, 0.2) is 24.3 Å². The van der Waals surface area contributed by atoms with E-state index in [1.165, 1.54) is 0 Å². The summed E-state index contributed by atoms with van der Waals surface area (Å²) in [5.41, 5.74) is 0.615. The van der Waals surface area contributed by atoms with Gasteiger partial charge in [0.25, 0.3) is 5.91 Å². The van der Waals surface area contributed by atoms with Crippen LogP contribution >= 0.6 is 11.6 Å². The molecule has 1 aromatic rings. The Hall–Kier alpha value is -1.22. The molecular weight excluding hydrogens is 362 g/mol. The summed E-state index contributed by atoms with van der Waals surface area (Å²) < 4.78 is 29.6. The maximum atomic E-state index is 12.9. The van der Waals surface area contributed by atoms with Crippen LogP contribution < -0.4 is 5.32 Å². The Morgan fingerprint density at radius 3 is 2.19 bits per heavy atom. The van der Waals surface area contributed by atoms with Crippen LogP contribution in [-0.4, -0.2) is 48.2 Å². The zero-order valence-electron chi connectivity index (χ0n) is 15.0. The Kier molecular flexibility index (Phi) is 4.30. The summed E-state index contributed by atoms with van der Waals surface area (Å²) in [6.07, 6.45) is -3.13. The Morgan fingerprint density at radius 1 is 0.923 bits per heavy atom. The first-order valence-electron chi connectivity index (χ1n) is 8.57. The first kappa shape index (κ1) is 18.2. The number of hydrogen-bond donors (Lipinski definition) is 1. The summed E-state index contributed by atoms with van der Waals surface area (Å²) >= 11 is 5.88. The summed E-state index contributed by atoms with van der Waals surface area (Å²) in [5, 5.41) is 3.42. The first-order chi connectivity index (χ1) is 12.1. The predicted molar refractivity (Wildman–Crippen MR) is 92.6 cm³/mol. The number of carbonyl (C=O) groups is 1. The second-order valence-electron chi connectivity index (χ2n) is 7.59. The van der Waals surface area contributed by atoms with Crippen molar-refractivity contribution in [3.8, 4) is 0 Å². The minimum atomic E-state index is -0.892. The predicted octanol–water partition coefficient (Wildman–Crippen LogP) is 2.68. The monoisotopic (exact) mass is 383 g/mol. The lowest BCUT2D eigenvalue weighted by Gasteiger charge is -2.36. The standard InChI is InChI=1S/C18H22ClNO6/c1-17(2)23-11-12(24-17)14-16(26-18(3,4)25-14)22-13(11)15(21)20-10-7-5-9(19)6-8-10/h5-8,11-14,16H,1-4H3,(H,20,21)/t11-,12+,13-,14-,16+/m1/s1. The van der Waals surface area contributed by atoms with Gasteiger partial charge in [0.15, 0.2) is 24.0 Å². The highest BCUT2D eigenvalue weighted by Gasteiger charge is 2.62. The van der Waals surface area contributed by atoms with E-state index >= 15 is 0 Å². The molecule has 0 aliphatic carbocycles. The lowest BCUT2D eigenvalue weighted by atomic mass is 9.98. The van der Waals surface area contributed by atoms with E-state index in [1.807, 2.05) is 0 Å². The number of ether oxygens (including phenoxy) is 5. The largest absolute Gasteiger partial charge is 0.342 e. The van der Waals surface area contributed by atoms with Crippen molar-refractivity contribution in [3.05, 3.63) is 29.3 Å². The fourth-order valence-corrected chi connectivity index (χ4v) is 3.70. The van der Waals surface area contributed by atoms with Gasteiger partial charge in [-0.2, -0.15) is 0 Å². The Balaban J connectivity index is 1.57. The normalized spacial score (nSPS) is 37.0. The highest BCUT2D eigenvalue weighted by Crippen LogP contribution is 2.44. The first-order valence-corrected chi connectivity index (χ1v) is 8.95. The molecule has 3 aliphatic heterocycles. The third-order valence-electron chi connectivity index (χ3n) is 4.52. The molecule has 0 radical (unpaired) electrons. The van der Waals surface area contributed by atoms with Gasteiger partial charge < -0.3 is 29.0 Å². The molecule has 0 unspecified atom stereocenters. The molecule has 1 N–H and O–H groups in total. The van der Waals surface area contributed by atoms with Crippen molar-refractivity contribution in [2.24, 2.45) is 0 Å². The lowest BCUT2D eigenvalue weighted by Crippen LogP contribution is -2.58. The average molecular weight is 384 g/mol. The van der Waals surface area contributed by atoms with Gasteiger partial charge in [0.05, 0.1) is 0 Å². The van der Waals surface area contributed by atoms with Crippen LogP contribution in [0.5, 0.6) is 0 Å². The zero-order chi connectivity index (χ0) is 18.7. The molecule has 3 fully saturated rings. The van der Waals surface area contributed by atoms with E-state index in [9.17, 15) is 4.79 Å². The van der Waals surface area contributed by atoms with Gasteiger partial charge in [-0.05, 0) is 52.0 Å². The zero-order valence-corrected chi connectivity index (χ0v) is 15.8. The number of anilines is 1. The number of fused-ring (bicyclic) bond motifs is 3. The third-order valence-corrected chi connectivity index (χ3v) is 4.78. The number of hydrogen-bond acceptors (Lipinski definition) is 6. The van der Waals surface area contributed by atoms with Gasteiger partial charge in [-0.3, -0.25) is 4.79 Å². The van der Waals surface area contributed by atoms with E-state index < -0.39 is 42.3 Å². The van der Waals surface area contributed by atoms with Gasteiger partial charge >= 0.3 is 0 Å². The minimum Gasteiger partial charge on any atom is -0.342 e. The number of halogens is 1. The number of carbonyl (C=O) groups excluding carboxylic acids is 1. The van der Waals surface area contributed by atoms with Crippen molar-refractivity contribution in [3.63, 3.8) is 0 Å². The van der Waals surface area contributed by atoms with Gasteiger partial charge in [0.2, 0.25) is 0 Å². The van der Waals surface area contributed by atoms with E-state index in [2.05, 4.69) is 5.32 Å². The second-order valence-corrected chi connectivity index (χ2v) is 8.02. The highest BCUT2D eigenvalue weighted by atomic mass is 35.5. The van der Waals surface area contributed by atoms with Crippen LogP contribution in [-0.2, 0) is 28.5 Å². The van der Waals surface area contributed by atoms with Crippen LogP contribution in [0.4, 0.5) is 5.69 Å². The van der Waals surface area contributed by atoms with Gasteiger partial charge in [0, 0.05) is 10.7 Å². The molecule has 3 aliphatic rings. The van der Waals surface area contributed by atoms with Gasteiger partial charge in [0.1, 0.15) is 18.3 Å². The third kappa shape index (κ3) is 3.35. The topological polar surface area (TPSA) is 75.3 Å². The van der Waals surface area contributed by atoms with Crippen LogP contribution in [0.1, 0.15) is 27.7 Å². The smallest absolute Gasteiger partial charge is 0.256 e. The quantitative estimate of drug-likeness (QED) is 0.846. The van der Waals surface area contributed by atoms with Gasteiger partial charge in [-0.1, -0.05) is 11.6 Å². The van der Waals surface area contributed by atoms with Crippen LogP contribution in [0.2, 0.25) is 5.02 Å². The molecule has 3 saturated heterocycles. The maximum Gasteiger partial charge on any atom is 0.256 e. The van der Waals surface area contributed by atoms with Crippen molar-refractivity contribution in [1.82, 2.24) is 0 Å². The minimum absolute atomic E-state index is 0.338. The SMILES string of the molecule is CC1(C)O[C@H]2[C@@H](O1)[C@H](C(=O)Nc1ccc(Cl)cc1)O[C@H]1OC(C)(C)O[C@@H]12. The molecule has 0 aromatic heterocycles. The lowest BCUT2D eigenvalue weighted by molar-refractivity contribution is -0.229. The average Bonchev–Trinajstić information content (AvgIpc) is 3.02. The fraction of sp³-hybridized carbons (Fsp3) is 0.611. The number of benzene rings is 1. The summed E-state index contributed by atoms with van der Waals surface area (Å²) in [7, 11) is 0. The van der Waals surface area contributed by atoms with Crippen molar-refractivity contribution >= 4 is 23.2 Å². The number of amides is 1. The van der Waals surface area contributed by atoms with Crippen LogP contribution in [0.25, 0.3) is 0 Å². The molecule has 8 heteroatoms. The van der Waals surface area contributed by atoms with Gasteiger partial charge in [-0.25, -0.2) is 0 Å². The van der Waals surface area contributed by atoms with Gasteiger partial charge in [-0.15, -0.1) is 0 Å². The van der Waals surface area contributed by atoms with E-state index in [1.54, 1.807) is 52.0 Å². The van der Waals surface area contributed by atoms with E-state index in [-0.39, 0.29) is 5.91 Å². The van der Waals surface area contributed by atoms with Crippen molar-refractivity contribution < 1.29 is 28.5 Å². The second kappa shape index (κ2) is 6.15. The Labute approximate surface area is 156 Å². The van der Waals surface area contributed by atoms with Crippen molar-refractivity contribution in [2.75, 3.05) is 5.32 Å². The van der Waals surface area contributed by atoms with Crippen molar-refractivity contribution in [1.29, 1.82) is 0 Å². The molecule has 1 aromatic carbocycles. The molecule has 7 nitrogen and oxygen atoms in total. The molecule has 26 heavy (non-hydrogen) atoms. The van der Waals surface area contributed by atoms with E-state index in [4.69, 9.17) is 35.3 Å². The molecule has 1 amide bonds. The highest BCUT2D eigenvalue weighted by molar-refractivity contribution is 6.30. The summed E-state index contributed by atoms with van der Waals surface area (Å²) in [6, 6.07) is 6.84. The molecule has 3 heterocycles. The van der Waals surface area contributed by atoms with Crippen LogP contribution in [0.3, 0.4) is 0 Å². The summed E-state index contributed by atoms with van der Waals surface area (Å²) in [6.45, 7) is 7.20. The summed E-state index contributed by atoms with van der Waals surface area (Å²) in [4.78, 5) is 12.9. The van der Waals surface area contributed by atoms with E-state index in [0.29, 0.717) is 10.7 Å². The maximum absolute atomic E-state index is 12.9. The molecular formula is C18H22ClNO6. The Morgan fingerprint density at radius 2 is 1.50 bits per heavy atom. The molecule has 4 rings (SSSR count). The molecule has 142 valence electrons. The molecule has 0 bridgehead atoms. The Bertz CT molecular complexity index is 706.